The summed E-state index contributed by atoms with van der Waals surface area (Å²) in [6, 6.07) is 24.7. The summed E-state index contributed by atoms with van der Waals surface area (Å²) in [4.78, 5) is 0. The van der Waals surface area contributed by atoms with Gasteiger partial charge in [-0.05, 0) is 73.2 Å². The Morgan fingerprint density at radius 1 is 0.556 bits per heavy atom. The molecule has 0 unspecified atom stereocenters. The Morgan fingerprint density at radius 3 is 1.28 bits per heavy atom. The lowest BCUT2D eigenvalue weighted by Crippen LogP contribution is -2.00. The molecule has 0 spiro atoms. The first-order valence-corrected chi connectivity index (χ1v) is 13.4. The van der Waals surface area contributed by atoms with Crippen LogP contribution in [0.1, 0.15) is 87.5 Å². The second kappa shape index (κ2) is 14.6. The van der Waals surface area contributed by atoms with Gasteiger partial charge >= 0.3 is 0 Å². The van der Waals surface area contributed by atoms with Crippen molar-refractivity contribution in [3.63, 3.8) is 0 Å². The molecule has 0 aliphatic rings. The number of nitrogens with one attached hydrogen (secondary N) is 2. The Kier molecular flexibility index (Phi) is 10.9. The quantitative estimate of drug-likeness (QED) is 0.227. The Bertz CT molecular complexity index is 1070. The standard InChI is InChI=1S/C32H38N4/c1-3-5-7-9-11-25-13-17-29(18-14-25)35-31-21-28(24-34)32(22-27(31)23-33)36-30-19-15-26(16-20-30)12-10-8-6-4-2/h13-22,35-36H,3-12H2,1-2H3. The molecule has 3 aromatic carbocycles. The first-order chi connectivity index (χ1) is 17.7. The maximum absolute atomic E-state index is 9.79. The number of nitrogens with zero attached hydrogens (tertiary/aromatic N) is 2. The molecule has 0 amide bonds. The summed E-state index contributed by atoms with van der Waals surface area (Å²) in [5.41, 5.74) is 6.71. The molecule has 0 radical (unpaired) electrons. The summed E-state index contributed by atoms with van der Waals surface area (Å²) in [6.07, 6.45) is 12.2. The summed E-state index contributed by atoms with van der Waals surface area (Å²) in [7, 11) is 0. The van der Waals surface area contributed by atoms with Crippen LogP contribution in [0.3, 0.4) is 0 Å². The molecular weight excluding hydrogens is 440 g/mol. The molecule has 186 valence electrons. The monoisotopic (exact) mass is 478 g/mol. The van der Waals surface area contributed by atoms with E-state index in [-0.39, 0.29) is 0 Å². The van der Waals surface area contributed by atoms with E-state index < -0.39 is 0 Å². The zero-order valence-electron chi connectivity index (χ0n) is 21.7. The van der Waals surface area contributed by atoms with E-state index in [9.17, 15) is 10.5 Å². The van der Waals surface area contributed by atoms with Gasteiger partial charge in [0.15, 0.2) is 0 Å². The predicted molar refractivity (Wildman–Crippen MR) is 151 cm³/mol. The molecule has 0 saturated carbocycles. The van der Waals surface area contributed by atoms with E-state index in [0.29, 0.717) is 22.5 Å². The molecule has 3 rings (SSSR count). The molecule has 0 atom stereocenters. The van der Waals surface area contributed by atoms with Gasteiger partial charge in [-0.2, -0.15) is 10.5 Å². The number of rotatable bonds is 14. The molecule has 3 aromatic rings. The SMILES string of the molecule is CCCCCCc1ccc(Nc2cc(C#N)c(Nc3ccc(CCCCCC)cc3)cc2C#N)cc1. The highest BCUT2D eigenvalue weighted by atomic mass is 14.9. The first kappa shape index (κ1) is 26.8. The van der Waals surface area contributed by atoms with E-state index in [0.717, 1.165) is 24.2 Å². The highest BCUT2D eigenvalue weighted by molar-refractivity contribution is 5.77. The van der Waals surface area contributed by atoms with E-state index in [1.807, 2.05) is 24.3 Å². The molecule has 36 heavy (non-hydrogen) atoms. The van der Waals surface area contributed by atoms with Crippen LogP contribution in [0.25, 0.3) is 0 Å². The van der Waals surface area contributed by atoms with Gasteiger partial charge in [0.05, 0.1) is 22.5 Å². The minimum absolute atomic E-state index is 0.493. The van der Waals surface area contributed by atoms with Gasteiger partial charge in [0.1, 0.15) is 12.1 Å². The van der Waals surface area contributed by atoms with Crippen molar-refractivity contribution in [2.45, 2.75) is 78.1 Å². The van der Waals surface area contributed by atoms with Crippen LogP contribution < -0.4 is 10.6 Å². The second-order valence-corrected chi connectivity index (χ2v) is 9.43. The Hall–Kier alpha value is -3.76. The third kappa shape index (κ3) is 8.17. The summed E-state index contributed by atoms with van der Waals surface area (Å²) in [5, 5.41) is 26.2. The normalized spacial score (nSPS) is 10.4. The summed E-state index contributed by atoms with van der Waals surface area (Å²) in [5.74, 6) is 0. The van der Waals surface area contributed by atoms with Gasteiger partial charge in [0, 0.05) is 11.4 Å². The van der Waals surface area contributed by atoms with E-state index in [2.05, 4.69) is 60.9 Å². The van der Waals surface area contributed by atoms with Crippen LogP contribution in [-0.4, -0.2) is 0 Å². The van der Waals surface area contributed by atoms with E-state index in [4.69, 9.17) is 0 Å². The fourth-order valence-corrected chi connectivity index (χ4v) is 4.32. The van der Waals surface area contributed by atoms with Crippen LogP contribution in [0.5, 0.6) is 0 Å². The fraction of sp³-hybridized carbons (Fsp3) is 0.375. The lowest BCUT2D eigenvalue weighted by molar-refractivity contribution is 0.667. The molecule has 0 fully saturated rings. The number of anilines is 4. The molecule has 0 saturated heterocycles. The van der Waals surface area contributed by atoms with Crippen molar-refractivity contribution in [3.8, 4) is 12.1 Å². The average molecular weight is 479 g/mol. The van der Waals surface area contributed by atoms with Crippen molar-refractivity contribution in [1.82, 2.24) is 0 Å². The number of nitriles is 2. The van der Waals surface area contributed by atoms with Crippen LogP contribution in [0.15, 0.2) is 60.7 Å². The highest BCUT2D eigenvalue weighted by Crippen LogP contribution is 2.30. The maximum Gasteiger partial charge on any atom is 0.101 e. The largest absolute Gasteiger partial charge is 0.354 e. The molecule has 2 N–H and O–H groups in total. The smallest absolute Gasteiger partial charge is 0.101 e. The molecule has 0 heterocycles. The third-order valence-corrected chi connectivity index (χ3v) is 6.50. The van der Waals surface area contributed by atoms with Crippen molar-refractivity contribution < 1.29 is 0 Å². The van der Waals surface area contributed by atoms with Crippen LogP contribution in [0.2, 0.25) is 0 Å². The fourth-order valence-electron chi connectivity index (χ4n) is 4.32. The predicted octanol–water partition coefficient (Wildman–Crippen LogP) is 9.16. The lowest BCUT2D eigenvalue weighted by Gasteiger charge is -2.14. The van der Waals surface area contributed by atoms with Crippen LogP contribution in [0.4, 0.5) is 22.7 Å². The molecule has 4 heteroatoms. The molecule has 0 aliphatic carbocycles. The van der Waals surface area contributed by atoms with E-state index in [1.54, 1.807) is 12.1 Å². The van der Waals surface area contributed by atoms with Gasteiger partial charge in [0.2, 0.25) is 0 Å². The van der Waals surface area contributed by atoms with Gasteiger partial charge in [0.25, 0.3) is 0 Å². The van der Waals surface area contributed by atoms with Crippen molar-refractivity contribution in [2.24, 2.45) is 0 Å². The number of hydrogen-bond donors (Lipinski definition) is 2. The molecule has 0 aliphatic heterocycles. The van der Waals surface area contributed by atoms with Crippen LogP contribution in [0, 0.1) is 22.7 Å². The van der Waals surface area contributed by atoms with Gasteiger partial charge in [-0.15, -0.1) is 0 Å². The van der Waals surface area contributed by atoms with Crippen molar-refractivity contribution in [1.29, 1.82) is 10.5 Å². The minimum atomic E-state index is 0.493. The minimum Gasteiger partial charge on any atom is -0.354 e. The van der Waals surface area contributed by atoms with E-state index in [1.165, 1.54) is 62.5 Å². The number of aryl methyl sites for hydroxylation is 2. The zero-order valence-corrected chi connectivity index (χ0v) is 21.7. The zero-order chi connectivity index (χ0) is 25.6. The van der Waals surface area contributed by atoms with Crippen molar-refractivity contribution >= 4 is 22.7 Å². The Balaban J connectivity index is 1.67. The van der Waals surface area contributed by atoms with Crippen LogP contribution in [-0.2, 0) is 12.8 Å². The van der Waals surface area contributed by atoms with Crippen LogP contribution >= 0.6 is 0 Å². The topological polar surface area (TPSA) is 71.6 Å². The summed E-state index contributed by atoms with van der Waals surface area (Å²) >= 11 is 0. The first-order valence-electron chi connectivity index (χ1n) is 13.4. The van der Waals surface area contributed by atoms with Gasteiger partial charge in [-0.1, -0.05) is 76.6 Å². The van der Waals surface area contributed by atoms with Gasteiger partial charge < -0.3 is 10.6 Å². The van der Waals surface area contributed by atoms with Gasteiger partial charge in [-0.3, -0.25) is 0 Å². The maximum atomic E-state index is 9.79. The summed E-state index contributed by atoms with van der Waals surface area (Å²) in [6.45, 7) is 4.45. The average Bonchev–Trinajstić information content (AvgIpc) is 2.91. The molecule has 0 aromatic heterocycles. The van der Waals surface area contributed by atoms with E-state index >= 15 is 0 Å². The van der Waals surface area contributed by atoms with Crippen molar-refractivity contribution in [3.05, 3.63) is 82.9 Å². The number of unbranched alkanes of at least 4 members (excludes halogenated alkanes) is 6. The molecule has 4 nitrogen and oxygen atoms in total. The molecular formula is C32H38N4. The lowest BCUT2D eigenvalue weighted by atomic mass is 10.0. The summed E-state index contributed by atoms with van der Waals surface area (Å²) < 4.78 is 0. The third-order valence-electron chi connectivity index (χ3n) is 6.50. The van der Waals surface area contributed by atoms with Gasteiger partial charge in [-0.25, -0.2) is 0 Å². The number of hydrogen-bond acceptors (Lipinski definition) is 4. The Morgan fingerprint density at radius 2 is 0.944 bits per heavy atom. The highest BCUT2D eigenvalue weighted by Gasteiger charge is 2.11. The molecule has 0 bridgehead atoms. The Labute approximate surface area is 217 Å². The number of benzene rings is 3. The second-order valence-electron chi connectivity index (χ2n) is 9.43. The van der Waals surface area contributed by atoms with Crippen molar-refractivity contribution in [2.75, 3.05) is 10.6 Å².